The summed E-state index contributed by atoms with van der Waals surface area (Å²) >= 11 is 0. The van der Waals surface area contributed by atoms with Gasteiger partial charge in [0.25, 0.3) is 0 Å². The van der Waals surface area contributed by atoms with Crippen LogP contribution >= 0.6 is 0 Å². The molecule has 0 aliphatic heterocycles. The van der Waals surface area contributed by atoms with Crippen molar-refractivity contribution in [2.24, 2.45) is 0 Å². The van der Waals surface area contributed by atoms with Crippen molar-refractivity contribution < 1.29 is 0 Å². The minimum Gasteiger partial charge on any atom is -0.397 e. The lowest BCUT2D eigenvalue weighted by Gasteiger charge is -2.31. The van der Waals surface area contributed by atoms with E-state index in [0.29, 0.717) is 0 Å². The fourth-order valence-electron chi connectivity index (χ4n) is 2.91. The number of benzene rings is 1. The number of nitrogen functional groups attached to an aromatic ring is 1. The van der Waals surface area contributed by atoms with E-state index in [2.05, 4.69) is 11.9 Å². The Morgan fingerprint density at radius 1 is 1.24 bits per heavy atom. The van der Waals surface area contributed by atoms with Crippen molar-refractivity contribution in [1.29, 1.82) is 0 Å². The van der Waals surface area contributed by atoms with Gasteiger partial charge >= 0.3 is 0 Å². The van der Waals surface area contributed by atoms with E-state index >= 15 is 0 Å². The summed E-state index contributed by atoms with van der Waals surface area (Å²) in [6.45, 7) is 2.32. The van der Waals surface area contributed by atoms with Gasteiger partial charge in [0.05, 0.1) is 11.2 Å². The van der Waals surface area contributed by atoms with Gasteiger partial charge in [-0.15, -0.1) is 0 Å². The summed E-state index contributed by atoms with van der Waals surface area (Å²) < 4.78 is 0. The van der Waals surface area contributed by atoms with Crippen molar-refractivity contribution in [2.75, 3.05) is 5.73 Å². The van der Waals surface area contributed by atoms with Gasteiger partial charge in [0, 0.05) is 5.41 Å². The van der Waals surface area contributed by atoms with Gasteiger partial charge in [-0.25, -0.2) is 4.98 Å². The summed E-state index contributed by atoms with van der Waals surface area (Å²) in [5.74, 6) is 1.12. The number of anilines is 1. The molecule has 1 fully saturated rings. The lowest BCUT2D eigenvalue weighted by atomic mass is 9.75. The van der Waals surface area contributed by atoms with Gasteiger partial charge in [0.2, 0.25) is 0 Å². The first kappa shape index (κ1) is 10.6. The monoisotopic (exact) mass is 229 g/mol. The Morgan fingerprint density at radius 3 is 2.71 bits per heavy atom. The van der Waals surface area contributed by atoms with Crippen molar-refractivity contribution in [3.05, 3.63) is 24.0 Å². The molecule has 1 aliphatic rings. The summed E-state index contributed by atoms with van der Waals surface area (Å²) in [4.78, 5) is 8.18. The number of para-hydroxylation sites is 1. The Kier molecular flexibility index (Phi) is 2.35. The number of nitrogens with two attached hydrogens (primary N) is 1. The minimum absolute atomic E-state index is 0.212. The van der Waals surface area contributed by atoms with Crippen LogP contribution in [0.2, 0.25) is 0 Å². The molecule has 1 heterocycles. The second kappa shape index (κ2) is 3.76. The van der Waals surface area contributed by atoms with Crippen molar-refractivity contribution in [2.45, 2.75) is 44.4 Å². The van der Waals surface area contributed by atoms with E-state index in [1.807, 2.05) is 18.2 Å². The predicted molar refractivity (Wildman–Crippen MR) is 70.9 cm³/mol. The molecule has 1 aliphatic carbocycles. The van der Waals surface area contributed by atoms with Gasteiger partial charge in [-0.2, -0.15) is 0 Å². The maximum Gasteiger partial charge on any atom is 0.113 e. The number of hydrogen-bond donors (Lipinski definition) is 2. The predicted octanol–water partition coefficient (Wildman–Crippen LogP) is 3.37. The first-order valence-corrected chi connectivity index (χ1v) is 6.44. The van der Waals surface area contributed by atoms with Gasteiger partial charge in [-0.05, 0) is 25.0 Å². The Bertz CT molecular complexity index is 535. The molecular weight excluding hydrogens is 210 g/mol. The fraction of sp³-hybridized carbons (Fsp3) is 0.500. The van der Waals surface area contributed by atoms with E-state index < -0.39 is 0 Å². The lowest BCUT2D eigenvalue weighted by molar-refractivity contribution is 0.306. The molecule has 2 aromatic rings. The zero-order valence-corrected chi connectivity index (χ0v) is 10.3. The normalized spacial score (nSPS) is 19.6. The summed E-state index contributed by atoms with van der Waals surface area (Å²) in [6.07, 6.45) is 6.43. The van der Waals surface area contributed by atoms with E-state index in [9.17, 15) is 0 Å². The molecule has 0 atom stereocenters. The molecule has 0 saturated heterocycles. The summed E-state index contributed by atoms with van der Waals surface area (Å²) in [5, 5.41) is 0. The van der Waals surface area contributed by atoms with Crippen LogP contribution in [0.25, 0.3) is 11.0 Å². The van der Waals surface area contributed by atoms with Crippen LogP contribution < -0.4 is 5.73 Å². The third-order valence-electron chi connectivity index (χ3n) is 4.07. The lowest BCUT2D eigenvalue weighted by Crippen LogP contribution is -2.26. The van der Waals surface area contributed by atoms with Gasteiger partial charge in [-0.1, -0.05) is 32.3 Å². The van der Waals surface area contributed by atoms with Crippen molar-refractivity contribution in [3.63, 3.8) is 0 Å². The Morgan fingerprint density at radius 2 is 2.00 bits per heavy atom. The molecule has 3 heteroatoms. The average Bonchev–Trinajstić information content (AvgIpc) is 2.76. The molecule has 0 spiro atoms. The SMILES string of the molecule is CC1(c2nc3c(N)cccc3[nH]2)CCCCC1. The minimum atomic E-state index is 0.212. The maximum atomic E-state index is 5.96. The van der Waals surface area contributed by atoms with Crippen LogP contribution in [0.15, 0.2) is 18.2 Å². The number of nitrogens with one attached hydrogen (secondary N) is 1. The number of rotatable bonds is 1. The van der Waals surface area contributed by atoms with Gasteiger partial charge in [0.1, 0.15) is 11.3 Å². The summed E-state index contributed by atoms with van der Waals surface area (Å²) in [7, 11) is 0. The number of H-pyrrole nitrogens is 1. The van der Waals surface area contributed by atoms with E-state index in [-0.39, 0.29) is 5.41 Å². The van der Waals surface area contributed by atoms with E-state index in [0.717, 1.165) is 22.5 Å². The van der Waals surface area contributed by atoms with Crippen LogP contribution in [0, 0.1) is 0 Å². The molecule has 1 aromatic heterocycles. The Labute approximate surface area is 101 Å². The van der Waals surface area contributed by atoms with Crippen molar-refractivity contribution in [1.82, 2.24) is 9.97 Å². The van der Waals surface area contributed by atoms with Crippen LogP contribution in [-0.2, 0) is 5.41 Å². The highest BCUT2D eigenvalue weighted by Crippen LogP contribution is 2.38. The number of hydrogen-bond acceptors (Lipinski definition) is 2. The topological polar surface area (TPSA) is 54.7 Å². The largest absolute Gasteiger partial charge is 0.397 e. The molecule has 3 nitrogen and oxygen atoms in total. The molecule has 90 valence electrons. The second-order valence-corrected chi connectivity index (χ2v) is 5.45. The second-order valence-electron chi connectivity index (χ2n) is 5.45. The van der Waals surface area contributed by atoms with Crippen LogP contribution in [-0.4, -0.2) is 9.97 Å². The zero-order valence-electron chi connectivity index (χ0n) is 10.3. The average molecular weight is 229 g/mol. The molecule has 0 radical (unpaired) electrons. The highest BCUT2D eigenvalue weighted by molar-refractivity contribution is 5.87. The van der Waals surface area contributed by atoms with Gasteiger partial charge in [0.15, 0.2) is 0 Å². The summed E-state index contributed by atoms with van der Waals surface area (Å²) in [5.41, 5.74) is 8.93. The smallest absolute Gasteiger partial charge is 0.113 e. The number of fused-ring (bicyclic) bond motifs is 1. The van der Waals surface area contributed by atoms with E-state index in [1.165, 1.54) is 32.1 Å². The first-order chi connectivity index (χ1) is 8.19. The van der Waals surface area contributed by atoms with Crippen LogP contribution in [0.3, 0.4) is 0 Å². The van der Waals surface area contributed by atoms with Crippen LogP contribution in [0.1, 0.15) is 44.9 Å². The fourth-order valence-corrected chi connectivity index (χ4v) is 2.91. The van der Waals surface area contributed by atoms with Crippen LogP contribution in [0.4, 0.5) is 5.69 Å². The van der Waals surface area contributed by atoms with Crippen LogP contribution in [0.5, 0.6) is 0 Å². The third-order valence-corrected chi connectivity index (χ3v) is 4.07. The molecule has 1 aromatic carbocycles. The highest BCUT2D eigenvalue weighted by Gasteiger charge is 2.31. The number of aromatic amines is 1. The Balaban J connectivity index is 2.08. The zero-order chi connectivity index (χ0) is 11.9. The van der Waals surface area contributed by atoms with Gasteiger partial charge < -0.3 is 10.7 Å². The first-order valence-electron chi connectivity index (χ1n) is 6.44. The molecular formula is C14H19N3. The molecule has 0 amide bonds. The molecule has 1 saturated carbocycles. The van der Waals surface area contributed by atoms with Crippen molar-refractivity contribution in [3.8, 4) is 0 Å². The number of nitrogens with zero attached hydrogens (tertiary/aromatic N) is 1. The molecule has 3 N–H and O–H groups in total. The van der Waals surface area contributed by atoms with E-state index in [4.69, 9.17) is 10.7 Å². The quantitative estimate of drug-likeness (QED) is 0.737. The highest BCUT2D eigenvalue weighted by atomic mass is 15.0. The molecule has 0 unspecified atom stereocenters. The van der Waals surface area contributed by atoms with E-state index in [1.54, 1.807) is 0 Å². The van der Waals surface area contributed by atoms with Gasteiger partial charge in [-0.3, -0.25) is 0 Å². The molecule has 17 heavy (non-hydrogen) atoms. The number of aromatic nitrogens is 2. The third kappa shape index (κ3) is 1.70. The molecule has 3 rings (SSSR count). The maximum absolute atomic E-state index is 5.96. The standard InChI is InChI=1S/C14H19N3/c1-14(8-3-2-4-9-14)13-16-11-7-5-6-10(15)12(11)17-13/h5-7H,2-4,8-9,15H2,1H3,(H,16,17). The number of imidazole rings is 1. The summed E-state index contributed by atoms with van der Waals surface area (Å²) in [6, 6.07) is 5.94. The molecule has 0 bridgehead atoms. The Hall–Kier alpha value is -1.51. The van der Waals surface area contributed by atoms with Crippen molar-refractivity contribution >= 4 is 16.7 Å².